The fourth-order valence-corrected chi connectivity index (χ4v) is 2.70. The number of carbonyl (C=O) groups excluding carboxylic acids is 1. The minimum absolute atomic E-state index is 0.0163. The molecule has 1 amide bonds. The van der Waals surface area contributed by atoms with Gasteiger partial charge in [0.05, 0.1) is 10.7 Å². The molecule has 0 fully saturated rings. The van der Waals surface area contributed by atoms with Crippen LogP contribution < -0.4 is 5.32 Å². The summed E-state index contributed by atoms with van der Waals surface area (Å²) in [5.74, 6) is -0.0163. The number of fused-ring (bicyclic) bond motifs is 3. The van der Waals surface area contributed by atoms with Gasteiger partial charge in [-0.05, 0) is 40.8 Å². The molecule has 0 aromatic heterocycles. The lowest BCUT2D eigenvalue weighted by molar-refractivity contribution is -0.115. The van der Waals surface area contributed by atoms with Crippen LogP contribution in [0.5, 0.6) is 0 Å². The largest absolute Gasteiger partial charge is 0.325 e. The van der Waals surface area contributed by atoms with Gasteiger partial charge in [0.25, 0.3) is 0 Å². The molecule has 0 heterocycles. The van der Waals surface area contributed by atoms with Crippen LogP contribution >= 0.6 is 11.6 Å². The molecule has 0 radical (unpaired) electrons. The van der Waals surface area contributed by atoms with Crippen LogP contribution in [-0.2, 0) is 11.2 Å². The van der Waals surface area contributed by atoms with Crippen LogP contribution in [0.2, 0.25) is 5.02 Å². The molecule has 3 rings (SSSR count). The molecule has 2 nitrogen and oxygen atoms in total. The SMILES string of the molecule is CCC(=O)Nc1cc2c(cc1Cl)-c1ccccc1C2. The lowest BCUT2D eigenvalue weighted by Crippen LogP contribution is -2.10. The van der Waals surface area contributed by atoms with Crippen LogP contribution in [0.4, 0.5) is 5.69 Å². The first-order valence-electron chi connectivity index (χ1n) is 6.39. The maximum Gasteiger partial charge on any atom is 0.224 e. The highest BCUT2D eigenvalue weighted by Gasteiger charge is 2.20. The maximum atomic E-state index is 11.5. The van der Waals surface area contributed by atoms with E-state index >= 15 is 0 Å². The Hall–Kier alpha value is -1.80. The van der Waals surface area contributed by atoms with Crippen molar-refractivity contribution in [3.63, 3.8) is 0 Å². The number of rotatable bonds is 2. The Balaban J connectivity index is 2.04. The van der Waals surface area contributed by atoms with Gasteiger partial charge in [-0.15, -0.1) is 0 Å². The number of benzene rings is 2. The van der Waals surface area contributed by atoms with Crippen molar-refractivity contribution in [3.8, 4) is 11.1 Å². The third kappa shape index (κ3) is 2.13. The molecule has 3 heteroatoms. The van der Waals surface area contributed by atoms with Gasteiger partial charge in [-0.2, -0.15) is 0 Å². The molecule has 0 saturated carbocycles. The van der Waals surface area contributed by atoms with Crippen molar-refractivity contribution in [1.82, 2.24) is 0 Å². The van der Waals surface area contributed by atoms with E-state index in [1.165, 1.54) is 22.3 Å². The van der Waals surface area contributed by atoms with Gasteiger partial charge in [-0.3, -0.25) is 4.79 Å². The number of nitrogens with one attached hydrogen (secondary N) is 1. The minimum atomic E-state index is -0.0163. The van der Waals surface area contributed by atoms with Gasteiger partial charge < -0.3 is 5.32 Å². The van der Waals surface area contributed by atoms with E-state index in [0.29, 0.717) is 17.1 Å². The number of hydrogen-bond donors (Lipinski definition) is 1. The molecule has 0 aliphatic heterocycles. The summed E-state index contributed by atoms with van der Waals surface area (Å²) in [6, 6.07) is 12.3. The molecule has 0 saturated heterocycles. The summed E-state index contributed by atoms with van der Waals surface area (Å²) in [5.41, 5.74) is 5.66. The molecule has 19 heavy (non-hydrogen) atoms. The molecule has 1 aliphatic rings. The topological polar surface area (TPSA) is 29.1 Å². The zero-order chi connectivity index (χ0) is 13.4. The Bertz CT molecular complexity index is 664. The predicted octanol–water partition coefficient (Wildman–Crippen LogP) is 4.26. The van der Waals surface area contributed by atoms with Gasteiger partial charge in [0.2, 0.25) is 5.91 Å². The second kappa shape index (κ2) is 4.71. The second-order valence-electron chi connectivity index (χ2n) is 4.72. The number of amides is 1. The van der Waals surface area contributed by atoms with Crippen molar-refractivity contribution in [2.45, 2.75) is 19.8 Å². The van der Waals surface area contributed by atoms with E-state index in [0.717, 1.165) is 6.42 Å². The smallest absolute Gasteiger partial charge is 0.224 e. The summed E-state index contributed by atoms with van der Waals surface area (Å²) in [7, 11) is 0. The molecule has 0 bridgehead atoms. The van der Waals surface area contributed by atoms with Gasteiger partial charge >= 0.3 is 0 Å². The highest BCUT2D eigenvalue weighted by atomic mass is 35.5. The molecule has 0 unspecified atom stereocenters. The summed E-state index contributed by atoms with van der Waals surface area (Å²) in [6.45, 7) is 1.83. The molecular weight excluding hydrogens is 258 g/mol. The quantitative estimate of drug-likeness (QED) is 0.741. The summed E-state index contributed by atoms with van der Waals surface area (Å²) >= 11 is 6.26. The predicted molar refractivity (Wildman–Crippen MR) is 78.6 cm³/mol. The van der Waals surface area contributed by atoms with Crippen molar-refractivity contribution in [1.29, 1.82) is 0 Å². The van der Waals surface area contributed by atoms with Gasteiger partial charge in [0.1, 0.15) is 0 Å². The van der Waals surface area contributed by atoms with Crippen LogP contribution in [0.3, 0.4) is 0 Å². The Kier molecular flexibility index (Phi) is 3.03. The zero-order valence-corrected chi connectivity index (χ0v) is 11.4. The highest BCUT2D eigenvalue weighted by Crippen LogP contribution is 2.40. The van der Waals surface area contributed by atoms with Crippen LogP contribution in [0.1, 0.15) is 24.5 Å². The van der Waals surface area contributed by atoms with Crippen LogP contribution in [0, 0.1) is 0 Å². The fourth-order valence-electron chi connectivity index (χ4n) is 2.49. The van der Waals surface area contributed by atoms with E-state index in [9.17, 15) is 4.79 Å². The standard InChI is InChI=1S/C16H14ClNO/c1-2-16(19)18-15-8-11-7-10-5-3-4-6-12(10)13(11)9-14(15)17/h3-6,8-9H,2,7H2,1H3,(H,18,19). The van der Waals surface area contributed by atoms with Crippen LogP contribution in [0.15, 0.2) is 36.4 Å². The third-order valence-corrected chi connectivity index (χ3v) is 3.79. The van der Waals surface area contributed by atoms with E-state index in [4.69, 9.17) is 11.6 Å². The average molecular weight is 272 g/mol. The van der Waals surface area contributed by atoms with E-state index in [-0.39, 0.29) is 5.91 Å². The molecule has 96 valence electrons. The lowest BCUT2D eigenvalue weighted by Gasteiger charge is -2.09. The first kappa shape index (κ1) is 12.2. The van der Waals surface area contributed by atoms with Gasteiger partial charge in [-0.1, -0.05) is 42.8 Å². The van der Waals surface area contributed by atoms with Crippen molar-refractivity contribution in [2.75, 3.05) is 5.32 Å². The van der Waals surface area contributed by atoms with Crippen molar-refractivity contribution < 1.29 is 4.79 Å². The van der Waals surface area contributed by atoms with Gasteiger partial charge in [0, 0.05) is 6.42 Å². The van der Waals surface area contributed by atoms with E-state index in [1.54, 1.807) is 0 Å². The van der Waals surface area contributed by atoms with Crippen LogP contribution in [0.25, 0.3) is 11.1 Å². The molecule has 2 aromatic carbocycles. The number of anilines is 1. The fraction of sp³-hybridized carbons (Fsp3) is 0.188. The summed E-state index contributed by atoms with van der Waals surface area (Å²) in [4.78, 5) is 11.5. The number of halogens is 1. The lowest BCUT2D eigenvalue weighted by atomic mass is 10.1. The third-order valence-electron chi connectivity index (χ3n) is 3.48. The van der Waals surface area contributed by atoms with Crippen LogP contribution in [-0.4, -0.2) is 5.91 Å². The van der Waals surface area contributed by atoms with Crippen molar-refractivity contribution in [2.24, 2.45) is 0 Å². The summed E-state index contributed by atoms with van der Waals surface area (Å²) in [6.07, 6.45) is 1.35. The summed E-state index contributed by atoms with van der Waals surface area (Å²) < 4.78 is 0. The van der Waals surface area contributed by atoms with Crippen molar-refractivity contribution in [3.05, 3.63) is 52.5 Å². The zero-order valence-electron chi connectivity index (χ0n) is 10.7. The highest BCUT2D eigenvalue weighted by molar-refractivity contribution is 6.34. The van der Waals surface area contributed by atoms with Crippen molar-refractivity contribution >= 4 is 23.2 Å². The van der Waals surface area contributed by atoms with E-state index in [2.05, 4.69) is 17.4 Å². The number of hydrogen-bond acceptors (Lipinski definition) is 1. The molecule has 0 atom stereocenters. The normalized spacial score (nSPS) is 11.9. The van der Waals surface area contributed by atoms with Gasteiger partial charge in [0.15, 0.2) is 0 Å². The maximum absolute atomic E-state index is 11.5. The molecule has 0 spiro atoms. The Morgan fingerprint density at radius 2 is 2.00 bits per heavy atom. The minimum Gasteiger partial charge on any atom is -0.325 e. The number of carbonyl (C=O) groups is 1. The van der Waals surface area contributed by atoms with Gasteiger partial charge in [-0.25, -0.2) is 0 Å². The Morgan fingerprint density at radius 3 is 2.79 bits per heavy atom. The first-order valence-corrected chi connectivity index (χ1v) is 6.77. The van der Waals surface area contributed by atoms with E-state index in [1.807, 2.05) is 31.2 Å². The molecule has 1 N–H and O–H groups in total. The Morgan fingerprint density at radius 1 is 1.21 bits per heavy atom. The van der Waals surface area contributed by atoms with E-state index < -0.39 is 0 Å². The average Bonchev–Trinajstić information content (AvgIpc) is 2.77. The molecular formula is C16H14ClNO. The summed E-state index contributed by atoms with van der Waals surface area (Å²) in [5, 5.41) is 3.44. The molecule has 2 aromatic rings. The molecule has 1 aliphatic carbocycles. The Labute approximate surface area is 117 Å². The monoisotopic (exact) mass is 271 g/mol. The first-order chi connectivity index (χ1) is 9.19. The second-order valence-corrected chi connectivity index (χ2v) is 5.13.